The number of pyridine rings is 1. The second-order valence-electron chi connectivity index (χ2n) is 9.38. The van der Waals surface area contributed by atoms with Gasteiger partial charge in [-0.2, -0.15) is 10.2 Å². The van der Waals surface area contributed by atoms with Crippen LogP contribution in [0.1, 0.15) is 58.4 Å². The van der Waals surface area contributed by atoms with Gasteiger partial charge >= 0.3 is 0 Å². The van der Waals surface area contributed by atoms with Crippen LogP contribution in [0.5, 0.6) is 5.75 Å². The van der Waals surface area contributed by atoms with Gasteiger partial charge in [0.2, 0.25) is 5.95 Å². The highest BCUT2D eigenvalue weighted by Crippen LogP contribution is 2.27. The van der Waals surface area contributed by atoms with Gasteiger partial charge in [-0.3, -0.25) is 9.78 Å². The van der Waals surface area contributed by atoms with Crippen LogP contribution in [0.2, 0.25) is 0 Å². The first-order valence-corrected chi connectivity index (χ1v) is 12.4. The van der Waals surface area contributed by atoms with E-state index in [1.54, 1.807) is 24.5 Å². The van der Waals surface area contributed by atoms with Crippen molar-refractivity contribution >= 4 is 17.7 Å². The van der Waals surface area contributed by atoms with E-state index in [1.807, 2.05) is 23.1 Å². The summed E-state index contributed by atoms with van der Waals surface area (Å²) in [5, 5.41) is 25.6. The van der Waals surface area contributed by atoms with Crippen LogP contribution in [0.25, 0.3) is 0 Å². The van der Waals surface area contributed by atoms with Crippen LogP contribution in [0.4, 0.5) is 11.8 Å². The number of nitrogens with zero attached hydrogens (tertiary/aromatic N) is 5. The van der Waals surface area contributed by atoms with Gasteiger partial charge in [0.15, 0.2) is 0 Å². The van der Waals surface area contributed by atoms with Crippen molar-refractivity contribution in [3.05, 3.63) is 70.7 Å². The zero-order valence-electron chi connectivity index (χ0n) is 20.6. The van der Waals surface area contributed by atoms with E-state index in [0.29, 0.717) is 61.1 Å². The van der Waals surface area contributed by atoms with Gasteiger partial charge in [-0.05, 0) is 55.0 Å². The van der Waals surface area contributed by atoms with Crippen LogP contribution < -0.4 is 20.3 Å². The molecule has 1 aromatic carbocycles. The third-order valence-electron chi connectivity index (χ3n) is 6.87. The zero-order chi connectivity index (χ0) is 25.8. The number of amides is 1. The van der Waals surface area contributed by atoms with Crippen molar-refractivity contribution < 1.29 is 14.6 Å². The number of nitrogens with one attached hydrogen (secondary N) is 2. The maximum absolute atomic E-state index is 13.2. The normalized spacial score (nSPS) is 18.6. The lowest BCUT2D eigenvalue weighted by atomic mass is 9.93. The van der Waals surface area contributed by atoms with E-state index in [2.05, 4.69) is 26.7 Å². The molecule has 1 saturated carbocycles. The topological polar surface area (TPSA) is 136 Å². The summed E-state index contributed by atoms with van der Waals surface area (Å²) in [4.78, 5) is 29.0. The molecule has 2 aliphatic rings. The van der Waals surface area contributed by atoms with Gasteiger partial charge in [0, 0.05) is 31.5 Å². The molecule has 1 aliphatic carbocycles. The summed E-state index contributed by atoms with van der Waals surface area (Å²) in [5.41, 5.74) is 3.75. The molecule has 1 fully saturated rings. The fourth-order valence-electron chi connectivity index (χ4n) is 4.79. The molecular weight excluding hydrogens is 470 g/mol. The molecule has 10 heteroatoms. The summed E-state index contributed by atoms with van der Waals surface area (Å²) in [7, 11) is 1.53. The van der Waals surface area contributed by atoms with Gasteiger partial charge in [-0.1, -0.05) is 12.1 Å². The molecule has 0 radical (unpaired) electrons. The number of aromatic nitrogens is 3. The summed E-state index contributed by atoms with van der Waals surface area (Å²) >= 11 is 0. The molecule has 37 heavy (non-hydrogen) atoms. The molecule has 0 spiro atoms. The van der Waals surface area contributed by atoms with E-state index >= 15 is 0 Å². The third-order valence-corrected chi connectivity index (χ3v) is 6.87. The predicted molar refractivity (Wildman–Crippen MR) is 137 cm³/mol. The third kappa shape index (κ3) is 5.47. The molecular formula is C27H29N7O3. The fraction of sp³-hybridized carbons (Fsp3) is 0.370. The largest absolute Gasteiger partial charge is 0.495 e. The second-order valence-corrected chi connectivity index (χ2v) is 9.38. The number of methoxy groups -OCH3 is 1. The van der Waals surface area contributed by atoms with E-state index in [0.717, 1.165) is 29.7 Å². The van der Waals surface area contributed by atoms with Crippen molar-refractivity contribution in [2.75, 3.05) is 17.3 Å². The highest BCUT2D eigenvalue weighted by atomic mass is 16.5. The van der Waals surface area contributed by atoms with Gasteiger partial charge < -0.3 is 25.4 Å². The van der Waals surface area contributed by atoms with Crippen molar-refractivity contribution in [2.45, 2.75) is 57.5 Å². The van der Waals surface area contributed by atoms with Crippen molar-refractivity contribution in [1.29, 1.82) is 5.26 Å². The molecule has 1 aliphatic heterocycles. The molecule has 5 rings (SSSR count). The van der Waals surface area contributed by atoms with Gasteiger partial charge in [0.25, 0.3) is 5.91 Å². The number of aliphatic hydroxyl groups is 1. The molecule has 3 heterocycles. The minimum atomic E-state index is -0.296. The van der Waals surface area contributed by atoms with Gasteiger partial charge in [0.1, 0.15) is 23.2 Å². The molecule has 0 bridgehead atoms. The van der Waals surface area contributed by atoms with Crippen molar-refractivity contribution in [2.24, 2.45) is 0 Å². The zero-order valence-corrected chi connectivity index (χ0v) is 20.6. The Hall–Kier alpha value is -4.23. The van der Waals surface area contributed by atoms with Crippen LogP contribution in [0.3, 0.4) is 0 Å². The minimum absolute atomic E-state index is 0.00218. The number of rotatable bonds is 7. The molecule has 190 valence electrons. The minimum Gasteiger partial charge on any atom is -0.495 e. The number of fused-ring (bicyclic) bond motifs is 1. The quantitative estimate of drug-likeness (QED) is 0.448. The van der Waals surface area contributed by atoms with E-state index in [1.165, 1.54) is 7.11 Å². The first-order valence-electron chi connectivity index (χ1n) is 12.4. The van der Waals surface area contributed by atoms with Crippen molar-refractivity contribution in [3.63, 3.8) is 0 Å². The van der Waals surface area contributed by atoms with Crippen LogP contribution >= 0.6 is 0 Å². The summed E-state index contributed by atoms with van der Waals surface area (Å²) in [6.45, 7) is 1.59. The molecule has 0 atom stereocenters. The average Bonchev–Trinajstić information content (AvgIpc) is 3.37. The standard InChI is InChI=1S/C27H29N7O3/c1-37-24-9-4-17(11-19(24)12-28)13-30-25-22(26(36)32-20-5-7-21(35)8-6-20)14-31-27(33-25)34-15-18-3-2-10-29-23(18)16-34/h2-4,9-11,14,20-21,35H,5-8,13,15-16H2,1H3,(H,32,36)(H,30,31,33)/t20-,21-. The number of hydrogen-bond donors (Lipinski definition) is 3. The number of nitriles is 1. The summed E-state index contributed by atoms with van der Waals surface area (Å²) in [6, 6.07) is 11.5. The number of anilines is 2. The molecule has 1 amide bonds. The highest BCUT2D eigenvalue weighted by molar-refractivity contribution is 5.98. The molecule has 3 N–H and O–H groups in total. The number of ether oxygens (including phenoxy) is 1. The Kier molecular flexibility index (Phi) is 7.14. The van der Waals surface area contributed by atoms with Gasteiger partial charge in [-0.15, -0.1) is 0 Å². The average molecular weight is 500 g/mol. The predicted octanol–water partition coefficient (Wildman–Crippen LogP) is 2.92. The number of aliphatic hydroxyl groups excluding tert-OH is 1. The van der Waals surface area contributed by atoms with Crippen LogP contribution in [0.15, 0.2) is 42.7 Å². The maximum atomic E-state index is 13.2. The van der Waals surface area contributed by atoms with Gasteiger partial charge in [-0.25, -0.2) is 4.98 Å². The molecule has 3 aromatic rings. The Bertz CT molecular complexity index is 1310. The summed E-state index contributed by atoms with van der Waals surface area (Å²) in [5.74, 6) is 1.17. The number of carbonyl (C=O) groups excluding carboxylic acids is 1. The van der Waals surface area contributed by atoms with Crippen molar-refractivity contribution in [3.8, 4) is 11.8 Å². The number of benzene rings is 1. The van der Waals surface area contributed by atoms with E-state index in [-0.39, 0.29) is 18.1 Å². The highest BCUT2D eigenvalue weighted by Gasteiger charge is 2.26. The van der Waals surface area contributed by atoms with Gasteiger partial charge in [0.05, 0.1) is 31.0 Å². The summed E-state index contributed by atoms with van der Waals surface area (Å²) < 4.78 is 5.24. The molecule has 0 saturated heterocycles. The smallest absolute Gasteiger partial charge is 0.256 e. The van der Waals surface area contributed by atoms with Crippen LogP contribution in [0, 0.1) is 11.3 Å². The Balaban J connectivity index is 1.38. The van der Waals surface area contributed by atoms with E-state index in [9.17, 15) is 15.2 Å². The fourth-order valence-corrected chi connectivity index (χ4v) is 4.79. The molecule has 10 nitrogen and oxygen atoms in total. The Morgan fingerprint density at radius 3 is 2.81 bits per heavy atom. The maximum Gasteiger partial charge on any atom is 0.256 e. The van der Waals surface area contributed by atoms with E-state index < -0.39 is 0 Å². The molecule has 0 unspecified atom stereocenters. The van der Waals surface area contributed by atoms with E-state index in [4.69, 9.17) is 9.72 Å². The number of hydrogen-bond acceptors (Lipinski definition) is 9. The SMILES string of the molecule is COc1ccc(CNc2nc(N3Cc4cccnc4C3)ncc2C(=O)N[C@H]2CC[C@H](O)CC2)cc1C#N. The lowest BCUT2D eigenvalue weighted by Crippen LogP contribution is -2.39. The Labute approximate surface area is 215 Å². The second kappa shape index (κ2) is 10.8. The van der Waals surface area contributed by atoms with Crippen LogP contribution in [-0.2, 0) is 19.6 Å². The Morgan fingerprint density at radius 2 is 2.05 bits per heavy atom. The summed E-state index contributed by atoms with van der Waals surface area (Å²) in [6.07, 6.45) is 5.85. The first kappa shape index (κ1) is 24.5. The molecule has 2 aromatic heterocycles. The van der Waals surface area contributed by atoms with Crippen LogP contribution in [-0.4, -0.2) is 45.2 Å². The lowest BCUT2D eigenvalue weighted by molar-refractivity contribution is 0.0867. The lowest BCUT2D eigenvalue weighted by Gasteiger charge is -2.26. The monoisotopic (exact) mass is 499 g/mol. The van der Waals surface area contributed by atoms with Crippen molar-refractivity contribution in [1.82, 2.24) is 20.3 Å². The Morgan fingerprint density at radius 1 is 1.22 bits per heavy atom. The number of carbonyl (C=O) groups is 1. The first-order chi connectivity index (χ1) is 18.0.